The van der Waals surface area contributed by atoms with Crippen LogP contribution in [0.4, 0.5) is 0 Å². The molecule has 0 saturated carbocycles. The number of nitrogens with one attached hydrogen (secondary N) is 2. The molecule has 0 aromatic heterocycles. The van der Waals surface area contributed by atoms with Gasteiger partial charge in [0.05, 0.1) is 0 Å². The van der Waals surface area contributed by atoms with Crippen molar-refractivity contribution in [2.45, 2.75) is 18.9 Å². The van der Waals surface area contributed by atoms with Gasteiger partial charge in [0.25, 0.3) is 0 Å². The zero-order valence-corrected chi connectivity index (χ0v) is 10.2. The number of hydrogen-bond acceptors (Lipinski definition) is 4. The van der Waals surface area contributed by atoms with Crippen LogP contribution in [0.1, 0.15) is 12.8 Å². The van der Waals surface area contributed by atoms with Crippen LogP contribution in [-0.2, 0) is 9.59 Å². The lowest BCUT2D eigenvalue weighted by molar-refractivity contribution is -0.142. The minimum absolute atomic E-state index is 0.153. The summed E-state index contributed by atoms with van der Waals surface area (Å²) in [4.78, 5) is 22.4. The van der Waals surface area contributed by atoms with E-state index in [1.165, 1.54) is 0 Å². The number of aliphatic carboxylic acids is 1. The van der Waals surface area contributed by atoms with Crippen LogP contribution in [0.15, 0.2) is 0 Å². The van der Waals surface area contributed by atoms with Crippen molar-refractivity contribution in [2.75, 3.05) is 25.1 Å². The van der Waals surface area contributed by atoms with Gasteiger partial charge < -0.3 is 15.7 Å². The Bertz CT molecular complexity index is 256. The van der Waals surface area contributed by atoms with Crippen molar-refractivity contribution in [1.82, 2.24) is 10.6 Å². The first-order valence-electron chi connectivity index (χ1n) is 5.35. The van der Waals surface area contributed by atoms with E-state index in [1.54, 1.807) is 11.8 Å². The number of carbonyl (C=O) groups excluding carboxylic acids is 1. The molecular weight excluding hydrogens is 228 g/mol. The standard InChI is InChI=1S/C10H18N2O3S/c1-16-3-2-8(10(14)15)12-9(13)4-7-5-11-6-7/h7-8,11H,2-6H2,1H3,(H,12,13)(H,14,15)/t8-/m0/s1. The third-order valence-electron chi connectivity index (χ3n) is 2.58. The lowest BCUT2D eigenvalue weighted by atomic mass is 9.99. The fourth-order valence-electron chi connectivity index (χ4n) is 1.50. The Morgan fingerprint density at radius 3 is 2.69 bits per heavy atom. The minimum atomic E-state index is -0.950. The van der Waals surface area contributed by atoms with Crippen LogP contribution >= 0.6 is 11.8 Å². The summed E-state index contributed by atoms with van der Waals surface area (Å²) in [5.74, 6) is 0.00604. The fraction of sp³-hybridized carbons (Fsp3) is 0.800. The highest BCUT2D eigenvalue weighted by molar-refractivity contribution is 7.98. The SMILES string of the molecule is CSCC[C@H](NC(=O)CC1CNC1)C(=O)O. The molecule has 0 bridgehead atoms. The van der Waals surface area contributed by atoms with Gasteiger partial charge in [-0.3, -0.25) is 4.79 Å². The van der Waals surface area contributed by atoms with Crippen molar-refractivity contribution in [1.29, 1.82) is 0 Å². The maximum absolute atomic E-state index is 11.5. The predicted molar refractivity (Wildman–Crippen MR) is 63.5 cm³/mol. The van der Waals surface area contributed by atoms with Gasteiger partial charge in [-0.25, -0.2) is 4.79 Å². The van der Waals surface area contributed by atoms with E-state index in [9.17, 15) is 9.59 Å². The fourth-order valence-corrected chi connectivity index (χ4v) is 1.97. The summed E-state index contributed by atoms with van der Waals surface area (Å²) in [5.41, 5.74) is 0. The summed E-state index contributed by atoms with van der Waals surface area (Å²) < 4.78 is 0. The number of thioether (sulfide) groups is 1. The number of hydrogen-bond donors (Lipinski definition) is 3. The van der Waals surface area contributed by atoms with Crippen LogP contribution in [0.3, 0.4) is 0 Å². The van der Waals surface area contributed by atoms with Gasteiger partial charge >= 0.3 is 5.97 Å². The van der Waals surface area contributed by atoms with Gasteiger partial charge in [0.2, 0.25) is 5.91 Å². The normalized spacial score (nSPS) is 17.6. The van der Waals surface area contributed by atoms with E-state index in [-0.39, 0.29) is 5.91 Å². The first-order chi connectivity index (χ1) is 7.63. The summed E-state index contributed by atoms with van der Waals surface area (Å²) in [6, 6.07) is -0.743. The molecule has 0 unspecified atom stereocenters. The zero-order valence-electron chi connectivity index (χ0n) is 9.36. The molecule has 3 N–H and O–H groups in total. The van der Waals surface area contributed by atoms with E-state index >= 15 is 0 Å². The van der Waals surface area contributed by atoms with Crippen molar-refractivity contribution in [3.63, 3.8) is 0 Å². The maximum Gasteiger partial charge on any atom is 0.326 e. The van der Waals surface area contributed by atoms with E-state index in [1.807, 2.05) is 6.26 Å². The Morgan fingerprint density at radius 1 is 1.56 bits per heavy atom. The quantitative estimate of drug-likeness (QED) is 0.585. The summed E-state index contributed by atoms with van der Waals surface area (Å²) in [5, 5.41) is 14.6. The molecule has 0 aromatic rings. The molecule has 0 aliphatic carbocycles. The van der Waals surface area contributed by atoms with Crippen molar-refractivity contribution in [3.05, 3.63) is 0 Å². The Balaban J connectivity index is 2.28. The molecule has 1 aliphatic heterocycles. The maximum atomic E-state index is 11.5. The number of rotatable bonds is 7. The smallest absolute Gasteiger partial charge is 0.326 e. The first kappa shape index (κ1) is 13.3. The molecule has 6 heteroatoms. The molecule has 1 aliphatic rings. The molecule has 92 valence electrons. The van der Waals surface area contributed by atoms with Crippen LogP contribution in [0.2, 0.25) is 0 Å². The average molecular weight is 246 g/mol. The van der Waals surface area contributed by atoms with E-state index in [0.717, 1.165) is 18.8 Å². The number of carboxylic acid groups (broad SMARTS) is 1. The lowest BCUT2D eigenvalue weighted by Gasteiger charge is -2.26. The number of amides is 1. The topological polar surface area (TPSA) is 78.4 Å². The Labute approximate surface area is 99.4 Å². The molecule has 1 atom stereocenters. The highest BCUT2D eigenvalue weighted by Gasteiger charge is 2.24. The van der Waals surface area contributed by atoms with Gasteiger partial charge in [0, 0.05) is 6.42 Å². The van der Waals surface area contributed by atoms with Gasteiger partial charge in [-0.2, -0.15) is 11.8 Å². The predicted octanol–water partition coefficient (Wildman–Crippen LogP) is -0.0816. The highest BCUT2D eigenvalue weighted by Crippen LogP contribution is 2.08. The zero-order chi connectivity index (χ0) is 12.0. The van der Waals surface area contributed by atoms with Crippen LogP contribution in [0.5, 0.6) is 0 Å². The van der Waals surface area contributed by atoms with Crippen LogP contribution < -0.4 is 10.6 Å². The Morgan fingerprint density at radius 2 is 2.25 bits per heavy atom. The molecule has 16 heavy (non-hydrogen) atoms. The van der Waals surface area contributed by atoms with Crippen molar-refractivity contribution < 1.29 is 14.7 Å². The van der Waals surface area contributed by atoms with Gasteiger partial charge in [-0.1, -0.05) is 0 Å². The summed E-state index contributed by atoms with van der Waals surface area (Å²) in [6.45, 7) is 1.71. The van der Waals surface area contributed by atoms with E-state index < -0.39 is 12.0 Å². The minimum Gasteiger partial charge on any atom is -0.480 e. The van der Waals surface area contributed by atoms with Crippen molar-refractivity contribution in [2.24, 2.45) is 5.92 Å². The molecule has 1 heterocycles. The van der Waals surface area contributed by atoms with Gasteiger partial charge in [0.1, 0.15) is 6.04 Å². The van der Waals surface area contributed by atoms with Crippen LogP contribution in [0.25, 0.3) is 0 Å². The Hall–Kier alpha value is -0.750. The number of carbonyl (C=O) groups is 2. The van der Waals surface area contributed by atoms with E-state index in [4.69, 9.17) is 5.11 Å². The molecule has 0 radical (unpaired) electrons. The van der Waals surface area contributed by atoms with Crippen molar-refractivity contribution in [3.8, 4) is 0 Å². The average Bonchev–Trinajstić information content (AvgIpc) is 2.18. The summed E-state index contributed by atoms with van der Waals surface area (Å²) >= 11 is 1.58. The van der Waals surface area contributed by atoms with Gasteiger partial charge in [-0.05, 0) is 37.4 Å². The summed E-state index contributed by atoms with van der Waals surface area (Å²) in [7, 11) is 0. The third kappa shape index (κ3) is 4.40. The van der Waals surface area contributed by atoms with Crippen LogP contribution in [-0.4, -0.2) is 48.1 Å². The largest absolute Gasteiger partial charge is 0.480 e. The van der Waals surface area contributed by atoms with Gasteiger partial charge in [0.15, 0.2) is 0 Å². The summed E-state index contributed by atoms with van der Waals surface area (Å²) in [6.07, 6.45) is 2.82. The van der Waals surface area contributed by atoms with Crippen molar-refractivity contribution >= 4 is 23.6 Å². The highest BCUT2D eigenvalue weighted by atomic mass is 32.2. The molecule has 5 nitrogen and oxygen atoms in total. The van der Waals surface area contributed by atoms with Crippen LogP contribution in [0, 0.1) is 5.92 Å². The monoisotopic (exact) mass is 246 g/mol. The third-order valence-corrected chi connectivity index (χ3v) is 3.23. The molecule has 1 rings (SSSR count). The molecule has 1 fully saturated rings. The second-order valence-corrected chi connectivity index (χ2v) is 4.95. The van der Waals surface area contributed by atoms with Gasteiger partial charge in [-0.15, -0.1) is 0 Å². The molecule has 1 saturated heterocycles. The molecule has 0 spiro atoms. The first-order valence-corrected chi connectivity index (χ1v) is 6.74. The molecular formula is C10H18N2O3S. The second kappa shape index (κ2) is 6.75. The molecule has 1 amide bonds. The lowest BCUT2D eigenvalue weighted by Crippen LogP contribution is -2.47. The number of carboxylic acids is 1. The van der Waals surface area contributed by atoms with E-state index in [0.29, 0.717) is 18.8 Å². The molecule has 0 aromatic carbocycles. The van der Waals surface area contributed by atoms with E-state index in [2.05, 4.69) is 10.6 Å². The second-order valence-electron chi connectivity index (χ2n) is 3.97. The Kier molecular flexibility index (Phi) is 5.62.